The van der Waals surface area contributed by atoms with Crippen LogP contribution in [-0.2, 0) is 4.79 Å². The minimum atomic E-state index is -0.968. The monoisotopic (exact) mass is 242 g/mol. The molecule has 0 aliphatic rings. The maximum atomic E-state index is 11.6. The van der Waals surface area contributed by atoms with E-state index in [9.17, 15) is 9.59 Å². The number of hydrogen-bond acceptors (Lipinski definition) is 3. The van der Waals surface area contributed by atoms with E-state index >= 15 is 0 Å². The number of carbonyl (C=O) groups is 2. The van der Waals surface area contributed by atoms with Gasteiger partial charge >= 0.3 is 5.97 Å². The lowest BCUT2D eigenvalue weighted by Crippen LogP contribution is -2.34. The van der Waals surface area contributed by atoms with E-state index in [2.05, 4.69) is 10.3 Å². The average molecular weight is 243 g/mol. The van der Waals surface area contributed by atoms with E-state index in [1.807, 2.05) is 0 Å². The highest BCUT2D eigenvalue weighted by molar-refractivity contribution is 6.33. The summed E-state index contributed by atoms with van der Waals surface area (Å²) in [5, 5.41) is 11.3. The number of nitrogens with zero attached hydrogens (tertiary/aromatic N) is 1. The summed E-state index contributed by atoms with van der Waals surface area (Å²) in [6.45, 7) is 1.61. The van der Waals surface area contributed by atoms with Gasteiger partial charge in [0.05, 0.1) is 17.0 Å². The summed E-state index contributed by atoms with van der Waals surface area (Å²) in [7, 11) is 0. The van der Waals surface area contributed by atoms with Gasteiger partial charge in [0.1, 0.15) is 0 Å². The Bertz CT molecular complexity index is 409. The summed E-state index contributed by atoms with van der Waals surface area (Å²) in [5.41, 5.74) is 0.237. The van der Waals surface area contributed by atoms with Gasteiger partial charge in [-0.05, 0) is 13.0 Å². The minimum Gasteiger partial charge on any atom is -0.481 e. The first-order valence-electron chi connectivity index (χ1n) is 4.63. The number of amides is 1. The SMILES string of the molecule is CC(CC(=O)O)NC(=O)c1cnccc1Cl. The van der Waals surface area contributed by atoms with Crippen LogP contribution in [0, 0.1) is 0 Å². The summed E-state index contributed by atoms with van der Waals surface area (Å²) in [6.07, 6.45) is 2.68. The van der Waals surface area contributed by atoms with Gasteiger partial charge in [0, 0.05) is 18.4 Å². The maximum absolute atomic E-state index is 11.6. The van der Waals surface area contributed by atoms with Crippen LogP contribution in [0.4, 0.5) is 0 Å². The van der Waals surface area contributed by atoms with Crippen LogP contribution >= 0.6 is 11.6 Å². The molecule has 1 aromatic heterocycles. The van der Waals surface area contributed by atoms with E-state index in [0.717, 1.165) is 0 Å². The van der Waals surface area contributed by atoms with E-state index in [1.54, 1.807) is 6.92 Å². The second-order valence-electron chi connectivity index (χ2n) is 3.33. The Morgan fingerprint density at radius 3 is 2.88 bits per heavy atom. The van der Waals surface area contributed by atoms with Gasteiger partial charge in [-0.15, -0.1) is 0 Å². The van der Waals surface area contributed by atoms with Crippen LogP contribution in [0.2, 0.25) is 5.02 Å². The van der Waals surface area contributed by atoms with E-state index in [0.29, 0.717) is 0 Å². The molecule has 0 aliphatic heterocycles. The molecule has 2 N–H and O–H groups in total. The highest BCUT2D eigenvalue weighted by atomic mass is 35.5. The highest BCUT2D eigenvalue weighted by Crippen LogP contribution is 2.13. The van der Waals surface area contributed by atoms with E-state index in [-0.39, 0.29) is 17.0 Å². The molecule has 0 saturated carbocycles. The van der Waals surface area contributed by atoms with Crippen LogP contribution < -0.4 is 5.32 Å². The van der Waals surface area contributed by atoms with Crippen LogP contribution in [0.1, 0.15) is 23.7 Å². The summed E-state index contributed by atoms with van der Waals surface area (Å²) in [5.74, 6) is -1.39. The lowest BCUT2D eigenvalue weighted by molar-refractivity contribution is -0.137. The van der Waals surface area contributed by atoms with E-state index in [1.165, 1.54) is 18.5 Å². The molecule has 1 rings (SSSR count). The summed E-state index contributed by atoms with van der Waals surface area (Å²) >= 11 is 5.79. The molecule has 0 bridgehead atoms. The Labute approximate surface area is 97.4 Å². The number of halogens is 1. The Morgan fingerprint density at radius 1 is 1.62 bits per heavy atom. The number of carboxylic acid groups (broad SMARTS) is 1. The predicted octanol–water partition coefficient (Wildman–Crippen LogP) is 1.33. The third-order valence-corrected chi connectivity index (χ3v) is 2.20. The van der Waals surface area contributed by atoms with E-state index in [4.69, 9.17) is 16.7 Å². The van der Waals surface area contributed by atoms with Gasteiger partial charge in [-0.25, -0.2) is 0 Å². The molecular weight excluding hydrogens is 232 g/mol. The second-order valence-corrected chi connectivity index (χ2v) is 3.74. The van der Waals surface area contributed by atoms with Crippen molar-refractivity contribution >= 4 is 23.5 Å². The zero-order valence-electron chi connectivity index (χ0n) is 8.61. The largest absolute Gasteiger partial charge is 0.481 e. The Morgan fingerprint density at radius 2 is 2.31 bits per heavy atom. The van der Waals surface area contributed by atoms with Crippen LogP contribution in [0.15, 0.2) is 18.5 Å². The van der Waals surface area contributed by atoms with Crippen LogP contribution in [0.25, 0.3) is 0 Å². The van der Waals surface area contributed by atoms with Crippen molar-refractivity contribution in [2.75, 3.05) is 0 Å². The molecule has 0 spiro atoms. The summed E-state index contributed by atoms with van der Waals surface area (Å²) in [4.78, 5) is 25.8. The molecule has 1 amide bonds. The quantitative estimate of drug-likeness (QED) is 0.835. The fourth-order valence-corrected chi connectivity index (χ4v) is 1.35. The highest BCUT2D eigenvalue weighted by Gasteiger charge is 2.14. The lowest BCUT2D eigenvalue weighted by atomic mass is 10.2. The Balaban J connectivity index is 2.66. The number of pyridine rings is 1. The third-order valence-electron chi connectivity index (χ3n) is 1.87. The van der Waals surface area contributed by atoms with Gasteiger partial charge in [0.15, 0.2) is 0 Å². The molecule has 0 radical (unpaired) electrons. The normalized spacial score (nSPS) is 11.9. The molecule has 0 aliphatic carbocycles. The zero-order chi connectivity index (χ0) is 12.1. The molecule has 0 aromatic carbocycles. The van der Waals surface area contributed by atoms with Crippen molar-refractivity contribution in [3.63, 3.8) is 0 Å². The molecule has 1 unspecified atom stereocenters. The average Bonchev–Trinajstić information content (AvgIpc) is 2.16. The molecule has 1 atom stereocenters. The Hall–Kier alpha value is -1.62. The topological polar surface area (TPSA) is 79.3 Å². The maximum Gasteiger partial charge on any atom is 0.305 e. The zero-order valence-corrected chi connectivity index (χ0v) is 9.36. The molecule has 5 nitrogen and oxygen atoms in total. The van der Waals surface area contributed by atoms with Crippen molar-refractivity contribution in [2.45, 2.75) is 19.4 Å². The fourth-order valence-electron chi connectivity index (χ4n) is 1.16. The van der Waals surface area contributed by atoms with Crippen molar-refractivity contribution in [1.82, 2.24) is 10.3 Å². The molecule has 0 fully saturated rings. The van der Waals surface area contributed by atoms with Gasteiger partial charge in [0.2, 0.25) is 0 Å². The first-order chi connectivity index (χ1) is 7.50. The van der Waals surface area contributed by atoms with Crippen molar-refractivity contribution in [2.24, 2.45) is 0 Å². The molecule has 16 heavy (non-hydrogen) atoms. The van der Waals surface area contributed by atoms with Crippen molar-refractivity contribution < 1.29 is 14.7 Å². The van der Waals surface area contributed by atoms with Crippen molar-refractivity contribution in [3.05, 3.63) is 29.0 Å². The summed E-state index contributed by atoms with van der Waals surface area (Å²) in [6, 6.07) is 1.04. The van der Waals surface area contributed by atoms with Crippen LogP contribution in [-0.4, -0.2) is 28.0 Å². The molecule has 1 aromatic rings. The molecule has 86 valence electrons. The van der Waals surface area contributed by atoms with Crippen molar-refractivity contribution in [3.8, 4) is 0 Å². The fraction of sp³-hybridized carbons (Fsp3) is 0.300. The standard InChI is InChI=1S/C10H11ClN2O3/c1-6(4-9(14)15)13-10(16)7-5-12-3-2-8(7)11/h2-3,5-6H,4H2,1H3,(H,13,16)(H,14,15). The first kappa shape index (κ1) is 12.4. The van der Waals surface area contributed by atoms with Gasteiger partial charge in [-0.2, -0.15) is 0 Å². The number of aromatic nitrogens is 1. The number of nitrogens with one attached hydrogen (secondary N) is 1. The van der Waals surface area contributed by atoms with E-state index < -0.39 is 17.9 Å². The minimum absolute atomic E-state index is 0.135. The van der Waals surface area contributed by atoms with Gasteiger partial charge in [0.25, 0.3) is 5.91 Å². The van der Waals surface area contributed by atoms with Crippen LogP contribution in [0.3, 0.4) is 0 Å². The number of aliphatic carboxylic acids is 1. The number of carboxylic acids is 1. The lowest BCUT2D eigenvalue weighted by Gasteiger charge is -2.11. The summed E-state index contributed by atoms with van der Waals surface area (Å²) < 4.78 is 0. The van der Waals surface area contributed by atoms with Crippen molar-refractivity contribution in [1.29, 1.82) is 0 Å². The second kappa shape index (κ2) is 5.46. The first-order valence-corrected chi connectivity index (χ1v) is 5.00. The van der Waals surface area contributed by atoms with Gasteiger partial charge in [-0.1, -0.05) is 11.6 Å². The molecule has 6 heteroatoms. The molecule has 0 saturated heterocycles. The number of hydrogen-bond donors (Lipinski definition) is 2. The smallest absolute Gasteiger partial charge is 0.305 e. The predicted molar refractivity (Wildman–Crippen MR) is 58.4 cm³/mol. The Kier molecular flexibility index (Phi) is 4.25. The molecular formula is C10H11ClN2O3. The van der Waals surface area contributed by atoms with Gasteiger partial charge in [-0.3, -0.25) is 14.6 Å². The third kappa shape index (κ3) is 3.51. The number of carbonyl (C=O) groups excluding carboxylic acids is 1. The van der Waals surface area contributed by atoms with Crippen LogP contribution in [0.5, 0.6) is 0 Å². The molecule has 1 heterocycles. The van der Waals surface area contributed by atoms with Gasteiger partial charge < -0.3 is 10.4 Å². The number of rotatable bonds is 4.